The molecule has 0 bridgehead atoms. The Bertz CT molecular complexity index is 372. The molecule has 0 spiro atoms. The van der Waals surface area contributed by atoms with E-state index in [-0.39, 0.29) is 12.0 Å². The molecule has 16 heavy (non-hydrogen) atoms. The van der Waals surface area contributed by atoms with Crippen molar-refractivity contribution in [2.45, 2.75) is 32.8 Å². The number of rotatable bonds is 3. The van der Waals surface area contributed by atoms with Crippen molar-refractivity contribution in [3.05, 3.63) is 28.3 Å². The number of hydrogen-bond acceptors (Lipinski definition) is 3. The van der Waals surface area contributed by atoms with E-state index in [1.807, 2.05) is 12.1 Å². The number of methoxy groups -OCH3 is 1. The summed E-state index contributed by atoms with van der Waals surface area (Å²) < 4.78 is 5.42. The highest BCUT2D eigenvalue weighted by atomic mass is 35.5. The number of halogens is 1. The summed E-state index contributed by atoms with van der Waals surface area (Å²) in [5, 5.41) is 0.665. The van der Waals surface area contributed by atoms with E-state index in [4.69, 9.17) is 22.2 Å². The normalized spacial score (nSPS) is 11.6. The fourth-order valence-electron chi connectivity index (χ4n) is 1.65. The molecule has 4 heteroatoms. The molecule has 3 nitrogen and oxygen atoms in total. The third kappa shape index (κ3) is 2.88. The molecule has 1 rings (SSSR count). The Morgan fingerprint density at radius 2 is 1.94 bits per heavy atom. The predicted octanol–water partition coefficient (Wildman–Crippen LogP) is 3.04. The maximum atomic E-state index is 6.07. The van der Waals surface area contributed by atoms with E-state index in [0.29, 0.717) is 5.02 Å². The van der Waals surface area contributed by atoms with Gasteiger partial charge in [-0.25, -0.2) is 5.90 Å². The summed E-state index contributed by atoms with van der Waals surface area (Å²) in [5.41, 5.74) is 1.87. The fraction of sp³-hybridized carbons (Fsp3) is 0.500. The molecule has 0 amide bonds. The lowest BCUT2D eigenvalue weighted by molar-refractivity contribution is 0.122. The van der Waals surface area contributed by atoms with Crippen LogP contribution in [0.25, 0.3) is 0 Å². The van der Waals surface area contributed by atoms with Crippen molar-refractivity contribution in [1.29, 1.82) is 0 Å². The molecular formula is C12H18ClNO2. The molecule has 1 aromatic rings. The third-order valence-corrected chi connectivity index (χ3v) is 2.60. The molecule has 0 heterocycles. The highest BCUT2D eigenvalue weighted by Crippen LogP contribution is 2.36. The molecule has 1 aromatic carbocycles. The monoisotopic (exact) mass is 243 g/mol. The Hall–Kier alpha value is -0.770. The first-order valence-electron chi connectivity index (χ1n) is 5.08. The first-order chi connectivity index (χ1) is 7.40. The largest absolute Gasteiger partial charge is 0.496 e. The van der Waals surface area contributed by atoms with Crippen molar-refractivity contribution in [3.8, 4) is 5.75 Å². The van der Waals surface area contributed by atoms with Crippen LogP contribution in [0.2, 0.25) is 5.02 Å². The Labute approximate surface area is 101 Å². The van der Waals surface area contributed by atoms with Gasteiger partial charge < -0.3 is 4.74 Å². The molecule has 0 saturated carbocycles. The van der Waals surface area contributed by atoms with Crippen molar-refractivity contribution < 1.29 is 9.57 Å². The minimum absolute atomic E-state index is 0.0421. The van der Waals surface area contributed by atoms with Crippen LogP contribution in [-0.2, 0) is 16.9 Å². The Kier molecular flexibility index (Phi) is 4.19. The average molecular weight is 244 g/mol. The molecule has 0 atom stereocenters. The average Bonchev–Trinajstić information content (AvgIpc) is 2.16. The zero-order valence-corrected chi connectivity index (χ0v) is 10.9. The second-order valence-corrected chi connectivity index (χ2v) is 5.14. The second kappa shape index (κ2) is 5.04. The molecule has 0 unspecified atom stereocenters. The lowest BCUT2D eigenvalue weighted by Gasteiger charge is -2.24. The van der Waals surface area contributed by atoms with Crippen LogP contribution in [0.5, 0.6) is 5.75 Å². The van der Waals surface area contributed by atoms with Gasteiger partial charge in [-0.2, -0.15) is 0 Å². The minimum atomic E-state index is -0.0421. The molecule has 0 aliphatic rings. The van der Waals surface area contributed by atoms with Crippen LogP contribution >= 0.6 is 11.6 Å². The molecule has 2 N–H and O–H groups in total. The molecule has 0 aromatic heterocycles. The first-order valence-corrected chi connectivity index (χ1v) is 5.46. The Morgan fingerprint density at radius 1 is 1.31 bits per heavy atom. The lowest BCUT2D eigenvalue weighted by Crippen LogP contribution is -2.14. The summed E-state index contributed by atoms with van der Waals surface area (Å²) in [7, 11) is 1.64. The van der Waals surface area contributed by atoms with E-state index >= 15 is 0 Å². The molecule has 0 aliphatic heterocycles. The van der Waals surface area contributed by atoms with Gasteiger partial charge in [-0.3, -0.25) is 4.84 Å². The van der Waals surface area contributed by atoms with E-state index in [0.717, 1.165) is 16.9 Å². The second-order valence-electron chi connectivity index (χ2n) is 4.71. The number of nitrogens with two attached hydrogens (primary N) is 1. The molecule has 0 radical (unpaired) electrons. The summed E-state index contributed by atoms with van der Waals surface area (Å²) >= 11 is 6.07. The van der Waals surface area contributed by atoms with Crippen LogP contribution in [0.15, 0.2) is 12.1 Å². The fourth-order valence-corrected chi connectivity index (χ4v) is 1.89. The summed E-state index contributed by atoms with van der Waals surface area (Å²) in [6, 6.07) is 3.73. The third-order valence-electron chi connectivity index (χ3n) is 2.38. The van der Waals surface area contributed by atoms with E-state index in [1.54, 1.807) is 7.11 Å². The van der Waals surface area contributed by atoms with E-state index < -0.39 is 0 Å². The zero-order chi connectivity index (χ0) is 12.3. The van der Waals surface area contributed by atoms with Gasteiger partial charge in [0.1, 0.15) is 5.75 Å². The smallest absolute Gasteiger partial charge is 0.128 e. The Morgan fingerprint density at radius 3 is 2.38 bits per heavy atom. The summed E-state index contributed by atoms with van der Waals surface area (Å²) in [4.78, 5) is 4.65. The molecule has 90 valence electrons. The Balaban J connectivity index is 3.36. The van der Waals surface area contributed by atoms with Gasteiger partial charge in [-0.1, -0.05) is 32.4 Å². The maximum Gasteiger partial charge on any atom is 0.128 e. The van der Waals surface area contributed by atoms with Crippen LogP contribution in [-0.4, -0.2) is 7.11 Å². The molecule has 0 aliphatic carbocycles. The van der Waals surface area contributed by atoms with Gasteiger partial charge in [0, 0.05) is 16.1 Å². The number of hydrogen-bond donors (Lipinski definition) is 1. The lowest BCUT2D eigenvalue weighted by atomic mass is 9.85. The van der Waals surface area contributed by atoms with Crippen LogP contribution in [0.4, 0.5) is 0 Å². The van der Waals surface area contributed by atoms with Gasteiger partial charge in [0.15, 0.2) is 0 Å². The quantitative estimate of drug-likeness (QED) is 0.830. The molecule has 0 fully saturated rings. The van der Waals surface area contributed by atoms with E-state index in [9.17, 15) is 0 Å². The van der Waals surface area contributed by atoms with Gasteiger partial charge in [0.05, 0.1) is 13.7 Å². The number of ether oxygens (including phenoxy) is 1. The highest BCUT2D eigenvalue weighted by Gasteiger charge is 2.22. The first kappa shape index (κ1) is 13.3. The summed E-state index contributed by atoms with van der Waals surface area (Å²) in [5.74, 6) is 5.89. The van der Waals surface area contributed by atoms with Gasteiger partial charge >= 0.3 is 0 Å². The van der Waals surface area contributed by atoms with Crippen LogP contribution in [0, 0.1) is 0 Å². The van der Waals surface area contributed by atoms with Gasteiger partial charge in [0.25, 0.3) is 0 Å². The topological polar surface area (TPSA) is 44.5 Å². The van der Waals surface area contributed by atoms with Gasteiger partial charge in [-0.05, 0) is 17.5 Å². The van der Waals surface area contributed by atoms with Crippen LogP contribution in [0.3, 0.4) is 0 Å². The highest BCUT2D eigenvalue weighted by molar-refractivity contribution is 6.30. The maximum absolute atomic E-state index is 6.07. The van der Waals surface area contributed by atoms with Gasteiger partial charge in [0.2, 0.25) is 0 Å². The minimum Gasteiger partial charge on any atom is -0.496 e. The number of benzene rings is 1. The van der Waals surface area contributed by atoms with Gasteiger partial charge in [-0.15, -0.1) is 0 Å². The standard InChI is InChI=1S/C12H18ClNO2/c1-12(2,3)10-6-9(13)5-8(7-16-14)11(10)15-4/h5-6H,7,14H2,1-4H3. The van der Waals surface area contributed by atoms with Crippen LogP contribution < -0.4 is 10.6 Å². The van der Waals surface area contributed by atoms with E-state index in [2.05, 4.69) is 25.6 Å². The van der Waals surface area contributed by atoms with Crippen LogP contribution in [0.1, 0.15) is 31.9 Å². The van der Waals surface area contributed by atoms with Crippen molar-refractivity contribution in [1.82, 2.24) is 0 Å². The van der Waals surface area contributed by atoms with Crippen molar-refractivity contribution >= 4 is 11.6 Å². The predicted molar refractivity (Wildman–Crippen MR) is 65.7 cm³/mol. The zero-order valence-electron chi connectivity index (χ0n) is 10.1. The van der Waals surface area contributed by atoms with E-state index in [1.165, 1.54) is 0 Å². The molecular weight excluding hydrogens is 226 g/mol. The summed E-state index contributed by atoms with van der Waals surface area (Å²) in [6.07, 6.45) is 0. The van der Waals surface area contributed by atoms with Crippen molar-refractivity contribution in [3.63, 3.8) is 0 Å². The van der Waals surface area contributed by atoms with Crippen molar-refractivity contribution in [2.75, 3.05) is 7.11 Å². The molecule has 0 saturated heterocycles. The van der Waals surface area contributed by atoms with Crippen molar-refractivity contribution in [2.24, 2.45) is 5.90 Å². The SMILES string of the molecule is COc1c(CON)cc(Cl)cc1C(C)(C)C. The summed E-state index contributed by atoms with van der Waals surface area (Å²) in [6.45, 7) is 6.60.